The normalized spacial score (nSPS) is 21.0. The number of halogens is 2. The van der Waals surface area contributed by atoms with Gasteiger partial charge in [-0.15, -0.1) is 11.3 Å². The Morgan fingerprint density at radius 2 is 1.52 bits per heavy atom. The molecule has 1 aromatic heterocycles. The molecule has 3 aliphatic heterocycles. The Labute approximate surface area is 271 Å². The van der Waals surface area contributed by atoms with E-state index >= 15 is 0 Å². The highest BCUT2D eigenvalue weighted by Gasteiger charge is 2.45. The van der Waals surface area contributed by atoms with E-state index in [0.29, 0.717) is 87.3 Å². The van der Waals surface area contributed by atoms with E-state index < -0.39 is 6.04 Å². The molecule has 3 amide bonds. The monoisotopic (exact) mass is 655 g/mol. The maximum absolute atomic E-state index is 14.6. The van der Waals surface area contributed by atoms with Crippen LogP contribution in [0.2, 0.25) is 10.0 Å². The Hall–Kier alpha value is -3.15. The van der Waals surface area contributed by atoms with E-state index in [-0.39, 0.29) is 18.0 Å². The first-order chi connectivity index (χ1) is 21.4. The largest absolute Gasteiger partial charge is 0.492 e. The summed E-state index contributed by atoms with van der Waals surface area (Å²) >= 11 is 14.0. The molecule has 0 aliphatic carbocycles. The Morgan fingerprint density at radius 1 is 0.886 bits per heavy atom. The van der Waals surface area contributed by atoms with Crippen molar-refractivity contribution in [2.75, 3.05) is 65.6 Å². The van der Waals surface area contributed by atoms with Gasteiger partial charge in [0, 0.05) is 49.3 Å². The minimum absolute atomic E-state index is 0.108. The van der Waals surface area contributed by atoms with E-state index in [4.69, 9.17) is 37.7 Å². The van der Waals surface area contributed by atoms with Gasteiger partial charge in [-0.3, -0.25) is 19.6 Å². The molecule has 6 rings (SSSR count). The van der Waals surface area contributed by atoms with Crippen molar-refractivity contribution in [1.29, 1.82) is 0 Å². The van der Waals surface area contributed by atoms with Crippen molar-refractivity contribution in [3.8, 4) is 5.75 Å². The molecule has 4 heterocycles. The third-order valence-corrected chi connectivity index (χ3v) is 9.59. The van der Waals surface area contributed by atoms with Gasteiger partial charge >= 0.3 is 6.03 Å². The van der Waals surface area contributed by atoms with Crippen LogP contribution in [-0.2, 0) is 9.53 Å². The van der Waals surface area contributed by atoms with Gasteiger partial charge in [-0.25, -0.2) is 4.79 Å². The topological polar surface area (TPSA) is 77.9 Å². The molecule has 2 atom stereocenters. The van der Waals surface area contributed by atoms with Gasteiger partial charge in [0.2, 0.25) is 5.91 Å². The summed E-state index contributed by atoms with van der Waals surface area (Å²) in [6.45, 7) is 7.41. The first-order valence-corrected chi connectivity index (χ1v) is 16.5. The molecule has 0 bridgehead atoms. The number of carbonyl (C=O) groups is 2. The highest BCUT2D eigenvalue weighted by molar-refractivity contribution is 7.12. The number of morpholine rings is 1. The highest BCUT2D eigenvalue weighted by atomic mass is 35.5. The number of hydrogen-bond acceptors (Lipinski definition) is 7. The number of urea groups is 1. The fourth-order valence-electron chi connectivity index (χ4n) is 5.91. The van der Waals surface area contributed by atoms with Crippen LogP contribution in [0.5, 0.6) is 5.75 Å². The summed E-state index contributed by atoms with van der Waals surface area (Å²) < 4.78 is 11.4. The SMILES string of the molecule is CCOc1ccsc1C1=NC(c2ccc(Cl)cc2)[C@@H](c2ccc(Cl)cc2)N1C(=O)N1CCN(CC(=O)N2CCOCC2)CC1. The molecule has 1 unspecified atom stereocenters. The lowest BCUT2D eigenvalue weighted by atomic mass is 9.94. The van der Waals surface area contributed by atoms with E-state index in [0.717, 1.165) is 16.0 Å². The van der Waals surface area contributed by atoms with Gasteiger partial charge in [0.05, 0.1) is 32.4 Å². The predicted molar refractivity (Wildman–Crippen MR) is 173 cm³/mol. The van der Waals surface area contributed by atoms with E-state index in [1.165, 1.54) is 11.3 Å². The number of nitrogens with zero attached hydrogens (tertiary/aromatic N) is 5. The van der Waals surface area contributed by atoms with E-state index in [1.807, 2.05) is 81.6 Å². The van der Waals surface area contributed by atoms with Crippen molar-refractivity contribution in [1.82, 2.24) is 19.6 Å². The quantitative estimate of drug-likeness (QED) is 0.331. The van der Waals surface area contributed by atoms with Crippen LogP contribution in [0, 0.1) is 0 Å². The lowest BCUT2D eigenvalue weighted by molar-refractivity contribution is -0.136. The zero-order chi connectivity index (χ0) is 30.6. The standard InChI is InChI=1S/C32H35Cl2N5O4S/c1-2-43-26-11-20-44-30(26)31-35-28(22-3-7-24(33)8-4-22)29(23-5-9-25(34)10-6-23)39(31)32(41)38-14-12-36(13-15-38)21-27(40)37-16-18-42-19-17-37/h3-11,20,28-29H,2,12-19,21H2,1H3/t28?,29-/m1/s1. The molecule has 2 aromatic carbocycles. The van der Waals surface area contributed by atoms with E-state index in [2.05, 4.69) is 4.90 Å². The first-order valence-electron chi connectivity index (χ1n) is 14.9. The fraction of sp³-hybridized carbons (Fsp3) is 0.406. The minimum atomic E-state index is -0.423. The van der Waals surface area contributed by atoms with Crippen LogP contribution < -0.4 is 4.74 Å². The number of carbonyl (C=O) groups excluding carboxylic acids is 2. The maximum atomic E-state index is 14.6. The number of rotatable bonds is 7. The summed E-state index contributed by atoms with van der Waals surface area (Å²) in [6.07, 6.45) is 0. The van der Waals surface area contributed by atoms with Crippen LogP contribution in [0.3, 0.4) is 0 Å². The second-order valence-electron chi connectivity index (χ2n) is 10.9. The summed E-state index contributed by atoms with van der Waals surface area (Å²) in [6, 6.07) is 16.2. The minimum Gasteiger partial charge on any atom is -0.492 e. The molecular weight excluding hydrogens is 621 g/mol. The number of hydrogen-bond donors (Lipinski definition) is 0. The molecule has 2 saturated heterocycles. The third-order valence-electron chi connectivity index (χ3n) is 8.19. The molecule has 3 aromatic rings. The van der Waals surface area contributed by atoms with Crippen LogP contribution in [0.15, 0.2) is 65.0 Å². The summed E-state index contributed by atoms with van der Waals surface area (Å²) in [5, 5.41) is 3.21. The Balaban J connectivity index is 1.30. The summed E-state index contributed by atoms with van der Waals surface area (Å²) in [5.41, 5.74) is 1.87. The maximum Gasteiger partial charge on any atom is 0.326 e. The van der Waals surface area contributed by atoms with Gasteiger partial charge in [0.1, 0.15) is 16.7 Å². The molecule has 0 spiro atoms. The Bertz CT molecular complexity index is 1490. The number of amidine groups is 1. The molecule has 0 radical (unpaired) electrons. The second-order valence-corrected chi connectivity index (χ2v) is 12.7. The van der Waals surface area contributed by atoms with Crippen molar-refractivity contribution in [3.63, 3.8) is 0 Å². The zero-order valence-electron chi connectivity index (χ0n) is 24.5. The van der Waals surface area contributed by atoms with Gasteiger partial charge in [-0.2, -0.15) is 0 Å². The van der Waals surface area contributed by atoms with E-state index in [1.54, 1.807) is 0 Å². The molecule has 0 N–H and O–H groups in total. The second kappa shape index (κ2) is 13.9. The Morgan fingerprint density at radius 3 is 2.16 bits per heavy atom. The van der Waals surface area contributed by atoms with Crippen LogP contribution in [0.4, 0.5) is 4.79 Å². The average molecular weight is 657 g/mol. The molecular formula is C32H35Cl2N5O4S. The number of aliphatic imine (C=N–C) groups is 1. The van der Waals surface area contributed by atoms with Crippen molar-refractivity contribution >= 4 is 52.3 Å². The van der Waals surface area contributed by atoms with Crippen LogP contribution in [-0.4, -0.2) is 103 Å². The smallest absolute Gasteiger partial charge is 0.326 e. The molecule has 3 aliphatic rings. The van der Waals surface area contributed by atoms with Crippen molar-refractivity contribution in [2.24, 2.45) is 4.99 Å². The molecule has 232 valence electrons. The molecule has 44 heavy (non-hydrogen) atoms. The highest BCUT2D eigenvalue weighted by Crippen LogP contribution is 2.46. The number of amides is 3. The van der Waals surface area contributed by atoms with Gasteiger partial charge in [-0.05, 0) is 53.8 Å². The predicted octanol–water partition coefficient (Wildman–Crippen LogP) is 5.59. The van der Waals surface area contributed by atoms with Crippen molar-refractivity contribution in [3.05, 3.63) is 86.0 Å². The zero-order valence-corrected chi connectivity index (χ0v) is 26.9. The Kier molecular flexibility index (Phi) is 9.73. The van der Waals surface area contributed by atoms with Gasteiger partial charge in [0.15, 0.2) is 5.84 Å². The van der Waals surface area contributed by atoms with E-state index in [9.17, 15) is 9.59 Å². The third kappa shape index (κ3) is 6.60. The number of benzene rings is 2. The van der Waals surface area contributed by atoms with Gasteiger partial charge in [0.25, 0.3) is 0 Å². The van der Waals surface area contributed by atoms with Crippen molar-refractivity contribution < 1.29 is 19.1 Å². The van der Waals surface area contributed by atoms with Gasteiger partial charge in [-0.1, -0.05) is 47.5 Å². The summed E-state index contributed by atoms with van der Waals surface area (Å²) in [5.74, 6) is 1.39. The summed E-state index contributed by atoms with van der Waals surface area (Å²) in [7, 11) is 0. The average Bonchev–Trinajstić information content (AvgIpc) is 3.67. The van der Waals surface area contributed by atoms with Gasteiger partial charge < -0.3 is 19.3 Å². The lowest BCUT2D eigenvalue weighted by Crippen LogP contribution is -2.55. The lowest BCUT2D eigenvalue weighted by Gasteiger charge is -2.39. The van der Waals surface area contributed by atoms with Crippen LogP contribution in [0.25, 0.3) is 0 Å². The van der Waals surface area contributed by atoms with Crippen LogP contribution in [0.1, 0.15) is 35.0 Å². The molecule has 12 heteroatoms. The number of thiophene rings is 1. The van der Waals surface area contributed by atoms with Crippen LogP contribution >= 0.6 is 34.5 Å². The number of ether oxygens (including phenoxy) is 2. The summed E-state index contributed by atoms with van der Waals surface area (Å²) in [4.78, 5) is 41.2. The fourth-order valence-corrected chi connectivity index (χ4v) is 6.99. The molecule has 9 nitrogen and oxygen atoms in total. The first kappa shape index (κ1) is 30.9. The van der Waals surface area contributed by atoms with Crippen molar-refractivity contribution in [2.45, 2.75) is 19.0 Å². The molecule has 2 fully saturated rings. The molecule has 0 saturated carbocycles. The number of piperazine rings is 1.